The van der Waals surface area contributed by atoms with Crippen LogP contribution >= 0.6 is 0 Å². The van der Waals surface area contributed by atoms with E-state index in [-0.39, 0.29) is 0 Å². The van der Waals surface area contributed by atoms with Gasteiger partial charge in [-0.1, -0.05) is 31.2 Å². The molecule has 0 aliphatic rings. The summed E-state index contributed by atoms with van der Waals surface area (Å²) in [4.78, 5) is 6.68. The lowest BCUT2D eigenvalue weighted by atomic mass is 10.1. The number of nitrogens with one attached hydrogen (secondary N) is 1. The number of nitrogens with zero attached hydrogens (tertiary/aromatic N) is 2. The van der Waals surface area contributed by atoms with E-state index in [0.29, 0.717) is 12.5 Å². The van der Waals surface area contributed by atoms with Crippen molar-refractivity contribution in [2.24, 2.45) is 10.7 Å². The summed E-state index contributed by atoms with van der Waals surface area (Å²) in [7, 11) is 3.76. The Labute approximate surface area is 144 Å². The molecular formula is C19H26N4O. The van der Waals surface area contributed by atoms with Crippen LogP contribution in [0.3, 0.4) is 0 Å². The van der Waals surface area contributed by atoms with Crippen LogP contribution in [0.4, 0.5) is 5.69 Å². The number of ether oxygens (including phenoxy) is 1. The third-order valence-corrected chi connectivity index (χ3v) is 3.78. The first-order chi connectivity index (χ1) is 11.6. The molecule has 0 bridgehead atoms. The lowest BCUT2D eigenvalue weighted by Crippen LogP contribution is -2.22. The highest BCUT2D eigenvalue weighted by molar-refractivity contribution is 5.92. The van der Waals surface area contributed by atoms with Gasteiger partial charge < -0.3 is 20.7 Å². The Balaban J connectivity index is 1.94. The highest BCUT2D eigenvalue weighted by Crippen LogP contribution is 2.15. The van der Waals surface area contributed by atoms with Crippen LogP contribution in [0.25, 0.3) is 0 Å². The summed E-state index contributed by atoms with van der Waals surface area (Å²) < 4.78 is 5.13. The number of guanidine groups is 1. The molecule has 0 saturated carbocycles. The highest BCUT2D eigenvalue weighted by Gasteiger charge is 2.00. The summed E-state index contributed by atoms with van der Waals surface area (Å²) in [5, 5.41) is 3.08. The van der Waals surface area contributed by atoms with E-state index < -0.39 is 0 Å². The molecule has 0 fully saturated rings. The van der Waals surface area contributed by atoms with Gasteiger partial charge in [-0.25, -0.2) is 4.99 Å². The number of hydrogen-bond donors (Lipinski definition) is 2. The van der Waals surface area contributed by atoms with Gasteiger partial charge in [0.15, 0.2) is 5.96 Å². The highest BCUT2D eigenvalue weighted by atomic mass is 16.5. The fourth-order valence-electron chi connectivity index (χ4n) is 2.29. The number of methoxy groups -OCH3 is 1. The molecule has 128 valence electrons. The lowest BCUT2D eigenvalue weighted by Gasteiger charge is -2.14. The van der Waals surface area contributed by atoms with Crippen molar-refractivity contribution >= 4 is 11.6 Å². The maximum atomic E-state index is 5.96. The van der Waals surface area contributed by atoms with E-state index in [2.05, 4.69) is 53.4 Å². The van der Waals surface area contributed by atoms with Crippen molar-refractivity contribution < 1.29 is 4.74 Å². The molecule has 0 aromatic heterocycles. The minimum atomic E-state index is 0.399. The third kappa shape index (κ3) is 5.59. The SMILES string of the molecule is CCN(C)Cc1cccc(CN=C(N)Nc2ccc(OC)cc2)c1. The van der Waals surface area contributed by atoms with Crippen LogP contribution in [0.15, 0.2) is 53.5 Å². The average Bonchev–Trinajstić information content (AvgIpc) is 2.61. The van der Waals surface area contributed by atoms with Gasteiger partial charge >= 0.3 is 0 Å². The van der Waals surface area contributed by atoms with E-state index in [1.165, 1.54) is 5.56 Å². The minimum Gasteiger partial charge on any atom is -0.497 e. The Morgan fingerprint density at radius 1 is 1.17 bits per heavy atom. The predicted molar refractivity (Wildman–Crippen MR) is 100 cm³/mol. The number of nitrogens with two attached hydrogens (primary N) is 1. The zero-order valence-electron chi connectivity index (χ0n) is 14.6. The van der Waals surface area contributed by atoms with Gasteiger partial charge in [0.2, 0.25) is 0 Å². The number of anilines is 1. The Morgan fingerprint density at radius 3 is 2.54 bits per heavy atom. The maximum Gasteiger partial charge on any atom is 0.193 e. The van der Waals surface area contributed by atoms with Gasteiger partial charge in [-0.2, -0.15) is 0 Å². The maximum absolute atomic E-state index is 5.96. The molecule has 3 N–H and O–H groups in total. The molecular weight excluding hydrogens is 300 g/mol. The monoisotopic (exact) mass is 326 g/mol. The summed E-state index contributed by atoms with van der Waals surface area (Å²) in [6.07, 6.45) is 0. The molecule has 0 aliphatic carbocycles. The van der Waals surface area contributed by atoms with Crippen molar-refractivity contribution in [2.45, 2.75) is 20.0 Å². The van der Waals surface area contributed by atoms with Crippen LogP contribution in [-0.2, 0) is 13.1 Å². The summed E-state index contributed by atoms with van der Waals surface area (Å²) in [6.45, 7) is 4.67. The molecule has 2 rings (SSSR count). The standard InChI is InChI=1S/C19H26N4O/c1-4-23(2)14-16-7-5-6-15(12-16)13-21-19(20)22-17-8-10-18(24-3)11-9-17/h5-12H,4,13-14H2,1-3H3,(H3,20,21,22). The van der Waals surface area contributed by atoms with Crippen LogP contribution in [-0.4, -0.2) is 31.6 Å². The molecule has 0 heterocycles. The van der Waals surface area contributed by atoms with Crippen molar-refractivity contribution in [3.63, 3.8) is 0 Å². The van der Waals surface area contributed by atoms with E-state index >= 15 is 0 Å². The Morgan fingerprint density at radius 2 is 1.88 bits per heavy atom. The van der Waals surface area contributed by atoms with Gasteiger partial charge in [0.25, 0.3) is 0 Å². The van der Waals surface area contributed by atoms with Crippen LogP contribution in [0.2, 0.25) is 0 Å². The predicted octanol–water partition coefficient (Wildman–Crippen LogP) is 3.07. The molecule has 5 heteroatoms. The van der Waals surface area contributed by atoms with Crippen molar-refractivity contribution in [1.82, 2.24) is 4.90 Å². The van der Waals surface area contributed by atoms with Gasteiger partial charge in [-0.15, -0.1) is 0 Å². The van der Waals surface area contributed by atoms with Crippen molar-refractivity contribution in [3.05, 3.63) is 59.7 Å². The number of hydrogen-bond acceptors (Lipinski definition) is 3. The average molecular weight is 326 g/mol. The Hall–Kier alpha value is -2.53. The van der Waals surface area contributed by atoms with Gasteiger partial charge in [-0.05, 0) is 49.0 Å². The fourth-order valence-corrected chi connectivity index (χ4v) is 2.29. The molecule has 5 nitrogen and oxygen atoms in total. The van der Waals surface area contributed by atoms with Crippen molar-refractivity contribution in [2.75, 3.05) is 26.0 Å². The van der Waals surface area contributed by atoms with Crippen LogP contribution in [0.1, 0.15) is 18.1 Å². The number of benzene rings is 2. The molecule has 0 aliphatic heterocycles. The van der Waals surface area contributed by atoms with Gasteiger partial charge in [0.05, 0.1) is 13.7 Å². The third-order valence-electron chi connectivity index (χ3n) is 3.78. The fraction of sp³-hybridized carbons (Fsp3) is 0.316. The van der Waals surface area contributed by atoms with Gasteiger partial charge in [-0.3, -0.25) is 0 Å². The zero-order valence-corrected chi connectivity index (χ0v) is 14.6. The Kier molecular flexibility index (Phi) is 6.63. The van der Waals surface area contributed by atoms with E-state index in [1.807, 2.05) is 24.3 Å². The molecule has 0 radical (unpaired) electrons. The summed E-state index contributed by atoms with van der Waals surface area (Å²) in [5.41, 5.74) is 9.28. The van der Waals surface area contributed by atoms with Crippen LogP contribution < -0.4 is 15.8 Å². The smallest absolute Gasteiger partial charge is 0.193 e. The second kappa shape index (κ2) is 8.93. The van der Waals surface area contributed by atoms with Crippen LogP contribution in [0.5, 0.6) is 5.75 Å². The second-order valence-electron chi connectivity index (χ2n) is 5.71. The van der Waals surface area contributed by atoms with E-state index in [1.54, 1.807) is 7.11 Å². The van der Waals surface area contributed by atoms with Crippen LogP contribution in [0, 0.1) is 0 Å². The first-order valence-corrected chi connectivity index (χ1v) is 8.08. The summed E-state index contributed by atoms with van der Waals surface area (Å²) in [5.74, 6) is 1.21. The van der Waals surface area contributed by atoms with E-state index in [4.69, 9.17) is 10.5 Å². The van der Waals surface area contributed by atoms with Crippen molar-refractivity contribution in [1.29, 1.82) is 0 Å². The first kappa shape index (κ1) is 17.8. The molecule has 0 spiro atoms. The molecule has 0 saturated heterocycles. The molecule has 2 aromatic carbocycles. The van der Waals surface area contributed by atoms with Crippen molar-refractivity contribution in [3.8, 4) is 5.75 Å². The first-order valence-electron chi connectivity index (χ1n) is 8.08. The zero-order chi connectivity index (χ0) is 17.4. The molecule has 0 unspecified atom stereocenters. The second-order valence-corrected chi connectivity index (χ2v) is 5.71. The summed E-state index contributed by atoms with van der Waals surface area (Å²) in [6, 6.07) is 16.0. The molecule has 0 amide bonds. The van der Waals surface area contributed by atoms with E-state index in [0.717, 1.165) is 30.1 Å². The van der Waals surface area contributed by atoms with Gasteiger partial charge in [0.1, 0.15) is 5.75 Å². The lowest BCUT2D eigenvalue weighted by molar-refractivity contribution is 0.345. The number of rotatable bonds is 7. The largest absolute Gasteiger partial charge is 0.497 e. The number of aliphatic imine (C=N–C) groups is 1. The summed E-state index contributed by atoms with van der Waals surface area (Å²) >= 11 is 0. The minimum absolute atomic E-state index is 0.399. The molecule has 2 aromatic rings. The topological polar surface area (TPSA) is 62.9 Å². The van der Waals surface area contributed by atoms with E-state index in [9.17, 15) is 0 Å². The normalized spacial score (nSPS) is 11.6. The quantitative estimate of drug-likeness (QED) is 0.606. The molecule has 0 atom stereocenters. The molecule has 24 heavy (non-hydrogen) atoms. The van der Waals surface area contributed by atoms with Gasteiger partial charge in [0, 0.05) is 12.2 Å². The Bertz CT molecular complexity index is 667.